The summed E-state index contributed by atoms with van der Waals surface area (Å²) in [5.74, 6) is 0.662. The number of hydrogen-bond acceptors (Lipinski definition) is 5. The second kappa shape index (κ2) is 10.1. The van der Waals surface area contributed by atoms with Gasteiger partial charge in [-0.25, -0.2) is 4.79 Å². The summed E-state index contributed by atoms with van der Waals surface area (Å²) in [5, 5.41) is 9.16. The fourth-order valence-corrected chi connectivity index (χ4v) is 3.54. The zero-order chi connectivity index (χ0) is 21.5. The summed E-state index contributed by atoms with van der Waals surface area (Å²) >= 11 is 0. The van der Waals surface area contributed by atoms with Crippen LogP contribution in [0.4, 0.5) is 4.79 Å². The highest BCUT2D eigenvalue weighted by atomic mass is 16.6. The standard InChI is InChI=1S/C25H26N2O4/c28-12-10-19-7-4-8-21(13-19)22-14-24(16-26-15-22)30-18-23-9-11-27(23)25(29)31-17-20-5-2-1-3-6-20/h1-8,13-16,23,28H,9-12,17-18H2. The number of carbonyl (C=O) groups excluding carboxylic acids is 1. The van der Waals surface area contributed by atoms with E-state index in [1.165, 1.54) is 0 Å². The van der Waals surface area contributed by atoms with Gasteiger partial charge >= 0.3 is 6.09 Å². The lowest BCUT2D eigenvalue weighted by Gasteiger charge is -2.39. The molecule has 1 amide bonds. The van der Waals surface area contributed by atoms with Crippen LogP contribution >= 0.6 is 0 Å². The normalized spacial score (nSPS) is 15.3. The average Bonchev–Trinajstić information content (AvgIpc) is 2.78. The fourth-order valence-electron chi connectivity index (χ4n) is 3.54. The van der Waals surface area contributed by atoms with E-state index in [4.69, 9.17) is 14.6 Å². The van der Waals surface area contributed by atoms with E-state index in [1.54, 1.807) is 17.3 Å². The molecule has 0 saturated carbocycles. The van der Waals surface area contributed by atoms with Gasteiger partial charge in [0.1, 0.15) is 19.0 Å². The first kappa shape index (κ1) is 20.9. The molecule has 1 fully saturated rings. The largest absolute Gasteiger partial charge is 0.490 e. The number of likely N-dealkylation sites (tertiary alicyclic amines) is 1. The Morgan fingerprint density at radius 3 is 2.65 bits per heavy atom. The van der Waals surface area contributed by atoms with Crippen molar-refractivity contribution in [2.45, 2.75) is 25.5 Å². The van der Waals surface area contributed by atoms with Gasteiger partial charge in [0, 0.05) is 24.9 Å². The van der Waals surface area contributed by atoms with Crippen molar-refractivity contribution in [2.75, 3.05) is 19.8 Å². The fraction of sp³-hybridized carbons (Fsp3) is 0.280. The first-order valence-corrected chi connectivity index (χ1v) is 10.5. The van der Waals surface area contributed by atoms with Crippen molar-refractivity contribution in [3.63, 3.8) is 0 Å². The lowest BCUT2D eigenvalue weighted by Crippen LogP contribution is -2.54. The molecule has 0 spiro atoms. The minimum absolute atomic E-state index is 0.000174. The summed E-state index contributed by atoms with van der Waals surface area (Å²) in [4.78, 5) is 18.4. The average molecular weight is 418 g/mol. The van der Waals surface area contributed by atoms with Gasteiger partial charge in [-0.1, -0.05) is 54.6 Å². The molecule has 0 bridgehead atoms. The number of hydrogen-bond donors (Lipinski definition) is 1. The minimum atomic E-state index is -0.309. The molecule has 2 heterocycles. The monoisotopic (exact) mass is 418 g/mol. The maximum atomic E-state index is 12.4. The molecule has 2 aromatic carbocycles. The van der Waals surface area contributed by atoms with Crippen LogP contribution in [0.2, 0.25) is 0 Å². The highest BCUT2D eigenvalue weighted by Crippen LogP contribution is 2.25. The number of rotatable bonds is 8. The third-order valence-electron chi connectivity index (χ3n) is 5.40. The lowest BCUT2D eigenvalue weighted by atomic mass is 10.0. The maximum Gasteiger partial charge on any atom is 0.410 e. The van der Waals surface area contributed by atoms with Crippen LogP contribution in [0, 0.1) is 0 Å². The molecule has 3 aromatic rings. The zero-order valence-corrected chi connectivity index (χ0v) is 17.3. The van der Waals surface area contributed by atoms with Gasteiger partial charge < -0.3 is 19.5 Å². The van der Waals surface area contributed by atoms with Gasteiger partial charge in [0.2, 0.25) is 0 Å². The molecule has 31 heavy (non-hydrogen) atoms. The van der Waals surface area contributed by atoms with Crippen LogP contribution in [-0.2, 0) is 17.8 Å². The highest BCUT2D eigenvalue weighted by Gasteiger charge is 2.34. The molecule has 6 heteroatoms. The van der Waals surface area contributed by atoms with Gasteiger partial charge in [0.05, 0.1) is 12.2 Å². The Bertz CT molecular complexity index is 1010. The van der Waals surface area contributed by atoms with Crippen molar-refractivity contribution in [3.05, 3.63) is 84.2 Å². The van der Waals surface area contributed by atoms with Crippen molar-refractivity contribution in [1.82, 2.24) is 9.88 Å². The van der Waals surface area contributed by atoms with Gasteiger partial charge in [-0.05, 0) is 35.6 Å². The van der Waals surface area contributed by atoms with E-state index in [9.17, 15) is 4.79 Å². The summed E-state index contributed by atoms with van der Waals surface area (Å²) in [6.45, 7) is 1.47. The molecular formula is C25H26N2O4. The molecule has 1 unspecified atom stereocenters. The maximum absolute atomic E-state index is 12.4. The van der Waals surface area contributed by atoms with Crippen molar-refractivity contribution >= 4 is 6.09 Å². The number of ether oxygens (including phenoxy) is 2. The first-order valence-electron chi connectivity index (χ1n) is 10.5. The molecule has 6 nitrogen and oxygen atoms in total. The molecule has 1 aliphatic rings. The summed E-state index contributed by atoms with van der Waals surface area (Å²) in [7, 11) is 0. The second-order valence-corrected chi connectivity index (χ2v) is 7.57. The number of pyridine rings is 1. The molecule has 160 valence electrons. The van der Waals surface area contributed by atoms with Crippen LogP contribution in [0.1, 0.15) is 17.5 Å². The van der Waals surface area contributed by atoms with E-state index >= 15 is 0 Å². The zero-order valence-electron chi connectivity index (χ0n) is 17.3. The highest BCUT2D eigenvalue weighted by molar-refractivity contribution is 5.69. The Hall–Kier alpha value is -3.38. The van der Waals surface area contributed by atoms with E-state index < -0.39 is 0 Å². The Morgan fingerprint density at radius 2 is 1.87 bits per heavy atom. The van der Waals surface area contributed by atoms with Gasteiger partial charge in [0.25, 0.3) is 0 Å². The number of carbonyl (C=O) groups is 1. The number of amides is 1. The Labute approximate surface area is 182 Å². The molecule has 1 N–H and O–H groups in total. The van der Waals surface area contributed by atoms with Crippen LogP contribution < -0.4 is 4.74 Å². The summed E-state index contributed by atoms with van der Waals surface area (Å²) in [5.41, 5.74) is 4.02. The van der Waals surface area contributed by atoms with E-state index in [2.05, 4.69) is 4.98 Å². The van der Waals surface area contributed by atoms with Crippen LogP contribution in [0.3, 0.4) is 0 Å². The SMILES string of the molecule is O=C(OCc1ccccc1)N1CCC1COc1cncc(-c2cccc(CCO)c2)c1. The number of aliphatic hydroxyl groups excluding tert-OH is 1. The molecule has 0 aliphatic carbocycles. The van der Waals surface area contributed by atoms with E-state index in [-0.39, 0.29) is 25.3 Å². The number of aliphatic hydroxyl groups is 1. The lowest BCUT2D eigenvalue weighted by molar-refractivity contribution is 0.0259. The van der Waals surface area contributed by atoms with Crippen molar-refractivity contribution < 1.29 is 19.4 Å². The Balaban J connectivity index is 1.31. The van der Waals surface area contributed by atoms with Crippen molar-refractivity contribution in [2.24, 2.45) is 0 Å². The molecular weight excluding hydrogens is 392 g/mol. The van der Waals surface area contributed by atoms with E-state index in [0.717, 1.165) is 28.7 Å². The van der Waals surface area contributed by atoms with E-state index in [1.807, 2.05) is 60.7 Å². The molecule has 0 radical (unpaired) electrons. The quantitative estimate of drug-likeness (QED) is 0.597. The number of nitrogens with zero attached hydrogens (tertiary/aromatic N) is 2. The van der Waals surface area contributed by atoms with Gasteiger partial charge in [-0.3, -0.25) is 4.98 Å². The van der Waals surface area contributed by atoms with Gasteiger partial charge in [0.15, 0.2) is 0 Å². The van der Waals surface area contributed by atoms with Gasteiger partial charge in [-0.2, -0.15) is 0 Å². The summed E-state index contributed by atoms with van der Waals surface area (Å²) in [6.07, 6.45) is 4.67. The number of benzene rings is 2. The Kier molecular flexibility index (Phi) is 6.79. The molecule has 1 atom stereocenters. The Morgan fingerprint density at radius 1 is 1.03 bits per heavy atom. The van der Waals surface area contributed by atoms with E-state index in [0.29, 0.717) is 25.3 Å². The number of aromatic nitrogens is 1. The topological polar surface area (TPSA) is 71.9 Å². The predicted octanol–water partition coefficient (Wildman–Crippen LogP) is 4.07. The molecule has 1 aliphatic heterocycles. The molecule has 1 aromatic heterocycles. The van der Waals surface area contributed by atoms with Crippen molar-refractivity contribution in [3.8, 4) is 16.9 Å². The summed E-state index contributed by atoms with van der Waals surface area (Å²) < 4.78 is 11.4. The van der Waals surface area contributed by atoms with Crippen LogP contribution in [0.15, 0.2) is 73.1 Å². The third-order valence-corrected chi connectivity index (χ3v) is 5.40. The van der Waals surface area contributed by atoms with Crippen LogP contribution in [0.5, 0.6) is 5.75 Å². The summed E-state index contributed by atoms with van der Waals surface area (Å²) in [6, 6.07) is 19.6. The van der Waals surface area contributed by atoms with Crippen LogP contribution in [0.25, 0.3) is 11.1 Å². The molecule has 4 rings (SSSR count). The third kappa shape index (κ3) is 5.41. The van der Waals surface area contributed by atoms with Gasteiger partial charge in [-0.15, -0.1) is 0 Å². The van der Waals surface area contributed by atoms with Crippen molar-refractivity contribution in [1.29, 1.82) is 0 Å². The smallest absolute Gasteiger partial charge is 0.410 e. The molecule has 1 saturated heterocycles. The van der Waals surface area contributed by atoms with Crippen LogP contribution in [-0.4, -0.2) is 46.9 Å². The minimum Gasteiger partial charge on any atom is -0.490 e. The first-order chi connectivity index (χ1) is 15.2. The predicted molar refractivity (Wildman–Crippen MR) is 118 cm³/mol. The second-order valence-electron chi connectivity index (χ2n) is 7.57.